The summed E-state index contributed by atoms with van der Waals surface area (Å²) in [5, 5.41) is 4.25. The summed E-state index contributed by atoms with van der Waals surface area (Å²) in [5.74, 6) is -1.20. The fourth-order valence-corrected chi connectivity index (χ4v) is 2.17. The highest BCUT2D eigenvalue weighted by Crippen LogP contribution is 2.15. The first-order valence-electron chi connectivity index (χ1n) is 6.15. The van der Waals surface area contributed by atoms with Crippen LogP contribution in [0.25, 0.3) is 0 Å². The van der Waals surface area contributed by atoms with Crippen LogP contribution in [-0.2, 0) is 14.3 Å². The Hall–Kier alpha value is -1.96. The van der Waals surface area contributed by atoms with Gasteiger partial charge < -0.3 is 15.0 Å². The van der Waals surface area contributed by atoms with E-state index in [4.69, 9.17) is 4.74 Å². The van der Waals surface area contributed by atoms with Crippen molar-refractivity contribution in [2.75, 3.05) is 25.0 Å². The number of carbonyl (C=O) groups excluding carboxylic acids is 3. The largest absolute Gasteiger partial charge is 0.451 e. The summed E-state index contributed by atoms with van der Waals surface area (Å²) < 4.78 is 4.89. The zero-order valence-electron chi connectivity index (χ0n) is 11.6. The molecular formula is C12H17N3O4S. The maximum atomic E-state index is 11.7. The van der Waals surface area contributed by atoms with Crippen LogP contribution in [0, 0.1) is 0 Å². The highest BCUT2D eigenvalue weighted by molar-refractivity contribution is 7.14. The lowest BCUT2D eigenvalue weighted by Gasteiger charge is -2.17. The van der Waals surface area contributed by atoms with Crippen LogP contribution in [0.2, 0.25) is 0 Å². The van der Waals surface area contributed by atoms with Crippen molar-refractivity contribution in [3.63, 3.8) is 0 Å². The van der Waals surface area contributed by atoms with E-state index in [-0.39, 0.29) is 24.1 Å². The van der Waals surface area contributed by atoms with Crippen LogP contribution >= 0.6 is 11.3 Å². The van der Waals surface area contributed by atoms with E-state index in [9.17, 15) is 14.4 Å². The molecule has 1 N–H and O–H groups in total. The second kappa shape index (κ2) is 7.59. The molecule has 1 rings (SSSR count). The summed E-state index contributed by atoms with van der Waals surface area (Å²) in [4.78, 5) is 39.7. The molecule has 0 bridgehead atoms. The monoisotopic (exact) mass is 299 g/mol. The molecule has 1 heterocycles. The van der Waals surface area contributed by atoms with Crippen molar-refractivity contribution in [2.24, 2.45) is 0 Å². The van der Waals surface area contributed by atoms with Crippen LogP contribution in [0.5, 0.6) is 0 Å². The number of anilines is 1. The van der Waals surface area contributed by atoms with Gasteiger partial charge in [0.2, 0.25) is 5.91 Å². The van der Waals surface area contributed by atoms with Gasteiger partial charge >= 0.3 is 5.97 Å². The van der Waals surface area contributed by atoms with Gasteiger partial charge in [-0.05, 0) is 13.8 Å². The molecule has 1 aromatic rings. The molecular weight excluding hydrogens is 282 g/mol. The summed E-state index contributed by atoms with van der Waals surface area (Å²) in [5.41, 5.74) is 0.0751. The first kappa shape index (κ1) is 16.1. The van der Waals surface area contributed by atoms with Gasteiger partial charge in [0.05, 0.1) is 0 Å². The first-order chi connectivity index (χ1) is 9.47. The average Bonchev–Trinajstić information content (AvgIpc) is 2.85. The Morgan fingerprint density at radius 2 is 2.00 bits per heavy atom. The summed E-state index contributed by atoms with van der Waals surface area (Å²) in [6, 6.07) is 0. The molecule has 20 heavy (non-hydrogen) atoms. The van der Waals surface area contributed by atoms with E-state index in [1.165, 1.54) is 12.3 Å². The normalized spacial score (nSPS) is 9.95. The van der Waals surface area contributed by atoms with Crippen LogP contribution in [0.1, 0.15) is 31.3 Å². The molecule has 0 aliphatic carbocycles. The minimum atomic E-state index is -0.682. The fraction of sp³-hybridized carbons (Fsp3) is 0.500. The number of hydrogen-bond donors (Lipinski definition) is 1. The molecule has 8 heteroatoms. The van der Waals surface area contributed by atoms with Gasteiger partial charge in [-0.25, -0.2) is 9.78 Å². The predicted molar refractivity (Wildman–Crippen MR) is 74.6 cm³/mol. The lowest BCUT2D eigenvalue weighted by Crippen LogP contribution is -2.34. The standard InChI is InChI=1S/C12H17N3O4S/c1-4-15(5-2)10(17)6-19-11(18)9-7-20-12(14-9)13-8(3)16/h7H,4-6H2,1-3H3,(H,13,14,16). The molecule has 0 spiro atoms. The van der Waals surface area contributed by atoms with Crippen molar-refractivity contribution in [1.29, 1.82) is 0 Å². The van der Waals surface area contributed by atoms with E-state index in [1.807, 2.05) is 13.8 Å². The number of ether oxygens (including phenoxy) is 1. The average molecular weight is 299 g/mol. The van der Waals surface area contributed by atoms with Gasteiger partial charge in [0.25, 0.3) is 5.91 Å². The molecule has 7 nitrogen and oxygen atoms in total. The number of likely N-dealkylation sites (N-methyl/N-ethyl adjacent to an activating group) is 1. The maximum absolute atomic E-state index is 11.7. The smallest absolute Gasteiger partial charge is 0.358 e. The molecule has 0 saturated carbocycles. The summed E-state index contributed by atoms with van der Waals surface area (Å²) in [6.45, 7) is 5.87. The van der Waals surface area contributed by atoms with Crippen LogP contribution in [-0.4, -0.2) is 47.4 Å². The van der Waals surface area contributed by atoms with Crippen molar-refractivity contribution >= 4 is 34.3 Å². The molecule has 2 amide bonds. The number of amides is 2. The predicted octanol–water partition coefficient (Wildman–Crippen LogP) is 1.13. The molecule has 0 unspecified atom stereocenters. The van der Waals surface area contributed by atoms with E-state index in [1.54, 1.807) is 4.90 Å². The molecule has 0 fully saturated rings. The quantitative estimate of drug-likeness (QED) is 0.795. The third-order valence-electron chi connectivity index (χ3n) is 2.44. The maximum Gasteiger partial charge on any atom is 0.358 e. The van der Waals surface area contributed by atoms with Gasteiger partial charge in [-0.1, -0.05) is 0 Å². The van der Waals surface area contributed by atoms with Crippen molar-refractivity contribution < 1.29 is 19.1 Å². The molecule has 0 atom stereocenters. The number of rotatable bonds is 6. The van der Waals surface area contributed by atoms with Crippen molar-refractivity contribution in [2.45, 2.75) is 20.8 Å². The minimum Gasteiger partial charge on any atom is -0.451 e. The van der Waals surface area contributed by atoms with Gasteiger partial charge in [0.1, 0.15) is 0 Å². The summed E-state index contributed by atoms with van der Waals surface area (Å²) in [6.07, 6.45) is 0. The van der Waals surface area contributed by atoms with Gasteiger partial charge in [-0.15, -0.1) is 11.3 Å². The third kappa shape index (κ3) is 4.61. The molecule has 0 aliphatic heterocycles. The van der Waals surface area contributed by atoms with E-state index in [0.29, 0.717) is 18.2 Å². The van der Waals surface area contributed by atoms with Gasteiger partial charge in [-0.2, -0.15) is 0 Å². The summed E-state index contributed by atoms with van der Waals surface area (Å²) >= 11 is 1.12. The molecule has 0 aliphatic rings. The zero-order valence-corrected chi connectivity index (χ0v) is 12.5. The Balaban J connectivity index is 2.52. The van der Waals surface area contributed by atoms with Crippen LogP contribution in [0.4, 0.5) is 5.13 Å². The van der Waals surface area contributed by atoms with Gasteiger partial charge in [0.15, 0.2) is 17.4 Å². The molecule has 0 radical (unpaired) electrons. The van der Waals surface area contributed by atoms with Gasteiger partial charge in [-0.3, -0.25) is 9.59 Å². The molecule has 110 valence electrons. The fourth-order valence-electron chi connectivity index (χ4n) is 1.44. The number of hydrogen-bond acceptors (Lipinski definition) is 6. The SMILES string of the molecule is CCN(CC)C(=O)COC(=O)c1csc(NC(C)=O)n1. The van der Waals surface area contributed by atoms with E-state index < -0.39 is 5.97 Å². The van der Waals surface area contributed by atoms with Crippen molar-refractivity contribution in [3.8, 4) is 0 Å². The van der Waals surface area contributed by atoms with Crippen LogP contribution in [0.3, 0.4) is 0 Å². The Morgan fingerprint density at radius 1 is 1.35 bits per heavy atom. The Labute approximate surface area is 120 Å². The zero-order chi connectivity index (χ0) is 15.1. The Kier molecular flexibility index (Phi) is 6.10. The number of thiazole rings is 1. The van der Waals surface area contributed by atoms with Gasteiger partial charge in [0, 0.05) is 25.4 Å². The van der Waals surface area contributed by atoms with E-state index in [2.05, 4.69) is 10.3 Å². The van der Waals surface area contributed by atoms with Crippen LogP contribution in [0.15, 0.2) is 5.38 Å². The number of nitrogens with one attached hydrogen (secondary N) is 1. The van der Waals surface area contributed by atoms with Crippen LogP contribution < -0.4 is 5.32 Å². The lowest BCUT2D eigenvalue weighted by molar-refractivity contribution is -0.134. The topological polar surface area (TPSA) is 88.6 Å². The second-order valence-corrected chi connectivity index (χ2v) is 4.72. The van der Waals surface area contributed by atoms with E-state index in [0.717, 1.165) is 11.3 Å². The highest BCUT2D eigenvalue weighted by atomic mass is 32.1. The molecule has 1 aromatic heterocycles. The Bertz CT molecular complexity index is 497. The summed E-state index contributed by atoms with van der Waals surface area (Å²) in [7, 11) is 0. The lowest BCUT2D eigenvalue weighted by atomic mass is 10.4. The molecule has 0 aromatic carbocycles. The molecule has 0 saturated heterocycles. The number of esters is 1. The minimum absolute atomic E-state index is 0.0751. The van der Waals surface area contributed by atoms with Crippen molar-refractivity contribution in [3.05, 3.63) is 11.1 Å². The number of carbonyl (C=O) groups is 3. The first-order valence-corrected chi connectivity index (χ1v) is 7.03. The third-order valence-corrected chi connectivity index (χ3v) is 3.20. The van der Waals surface area contributed by atoms with E-state index >= 15 is 0 Å². The number of nitrogens with zero attached hydrogens (tertiary/aromatic N) is 2. The second-order valence-electron chi connectivity index (χ2n) is 3.86. The number of aromatic nitrogens is 1. The highest BCUT2D eigenvalue weighted by Gasteiger charge is 2.16. The van der Waals surface area contributed by atoms with Crippen molar-refractivity contribution in [1.82, 2.24) is 9.88 Å². The Morgan fingerprint density at radius 3 is 2.55 bits per heavy atom.